The maximum Gasteiger partial charge on any atom is 0.162 e. The van der Waals surface area contributed by atoms with Gasteiger partial charge in [0.15, 0.2) is 11.5 Å². The first-order valence-electron chi connectivity index (χ1n) is 7.19. The molecule has 22 heavy (non-hydrogen) atoms. The van der Waals surface area contributed by atoms with Crippen molar-refractivity contribution in [2.45, 2.75) is 23.1 Å². The first kappa shape index (κ1) is 15.4. The van der Waals surface area contributed by atoms with Crippen LogP contribution in [0.5, 0.6) is 11.5 Å². The van der Waals surface area contributed by atoms with Crippen LogP contribution in [-0.4, -0.2) is 20.8 Å². The summed E-state index contributed by atoms with van der Waals surface area (Å²) in [4.78, 5) is 4.67. The molecule has 0 aromatic heterocycles. The van der Waals surface area contributed by atoms with E-state index in [2.05, 4.69) is 17.9 Å². The molecule has 0 fully saturated rings. The summed E-state index contributed by atoms with van der Waals surface area (Å²) >= 11 is 7.93. The minimum absolute atomic E-state index is 0.744. The molecular weight excluding hydrogens is 318 g/mol. The number of halogens is 1. The highest BCUT2D eigenvalue weighted by atomic mass is 35.5. The molecule has 0 unspecified atom stereocenters. The van der Waals surface area contributed by atoms with Crippen LogP contribution in [0.3, 0.4) is 0 Å². The van der Waals surface area contributed by atoms with Gasteiger partial charge in [0.2, 0.25) is 0 Å². The Morgan fingerprint density at radius 3 is 2.36 bits per heavy atom. The molecule has 2 aromatic rings. The molecule has 0 N–H and O–H groups in total. The maximum atomic E-state index is 6.19. The third-order valence-electron chi connectivity index (χ3n) is 3.63. The summed E-state index contributed by atoms with van der Waals surface area (Å²) in [5, 5.41) is 0.754. The number of methoxy groups -OCH3 is 2. The average molecular weight is 336 g/mol. The van der Waals surface area contributed by atoms with Crippen molar-refractivity contribution in [2.24, 2.45) is 0 Å². The van der Waals surface area contributed by atoms with Crippen molar-refractivity contribution >= 4 is 34.7 Å². The predicted octanol–water partition coefficient (Wildman–Crippen LogP) is 5.37. The van der Waals surface area contributed by atoms with Gasteiger partial charge in [-0.2, -0.15) is 0 Å². The van der Waals surface area contributed by atoms with Gasteiger partial charge in [-0.15, -0.1) is 0 Å². The van der Waals surface area contributed by atoms with E-state index < -0.39 is 0 Å². The van der Waals surface area contributed by atoms with Gasteiger partial charge in [-0.3, -0.25) is 0 Å². The van der Waals surface area contributed by atoms with Gasteiger partial charge in [-0.25, -0.2) is 0 Å². The predicted molar refractivity (Wildman–Crippen MR) is 92.4 cm³/mol. The summed E-state index contributed by atoms with van der Waals surface area (Å²) in [7, 11) is 3.32. The first-order chi connectivity index (χ1) is 10.7. The molecule has 5 heteroatoms. The Bertz CT molecular complexity index is 705. The summed E-state index contributed by atoms with van der Waals surface area (Å²) in [5.74, 6) is 1.50. The second kappa shape index (κ2) is 6.31. The molecule has 3 rings (SSSR count). The van der Waals surface area contributed by atoms with Crippen molar-refractivity contribution in [1.82, 2.24) is 0 Å². The van der Waals surface area contributed by atoms with Gasteiger partial charge in [0.25, 0.3) is 0 Å². The molecule has 3 nitrogen and oxygen atoms in total. The van der Waals surface area contributed by atoms with Crippen LogP contribution in [0.4, 0.5) is 11.4 Å². The summed E-state index contributed by atoms with van der Waals surface area (Å²) in [6.07, 6.45) is 1.05. The number of ether oxygens (including phenoxy) is 2. The molecule has 0 bridgehead atoms. The largest absolute Gasteiger partial charge is 0.493 e. The van der Waals surface area contributed by atoms with Gasteiger partial charge in [0, 0.05) is 33.5 Å². The molecule has 0 saturated carbocycles. The van der Waals surface area contributed by atoms with Gasteiger partial charge >= 0.3 is 0 Å². The fraction of sp³-hybridized carbons (Fsp3) is 0.294. The minimum atomic E-state index is 0.744. The number of benzene rings is 2. The zero-order valence-corrected chi connectivity index (χ0v) is 14.4. The van der Waals surface area contributed by atoms with Gasteiger partial charge in [0.1, 0.15) is 0 Å². The van der Waals surface area contributed by atoms with Gasteiger partial charge < -0.3 is 14.4 Å². The zero-order valence-electron chi connectivity index (χ0n) is 12.9. The number of nitrogens with zero attached hydrogens (tertiary/aromatic N) is 1. The lowest BCUT2D eigenvalue weighted by Crippen LogP contribution is -2.21. The molecule has 1 aliphatic rings. The van der Waals surface area contributed by atoms with Crippen molar-refractivity contribution in [2.75, 3.05) is 25.7 Å². The smallest absolute Gasteiger partial charge is 0.162 e. The maximum absolute atomic E-state index is 6.19. The van der Waals surface area contributed by atoms with E-state index in [1.807, 2.05) is 24.3 Å². The highest BCUT2D eigenvalue weighted by molar-refractivity contribution is 7.99. The minimum Gasteiger partial charge on any atom is -0.493 e. The van der Waals surface area contributed by atoms with E-state index >= 15 is 0 Å². The van der Waals surface area contributed by atoms with Gasteiger partial charge in [-0.1, -0.05) is 30.3 Å². The summed E-state index contributed by atoms with van der Waals surface area (Å²) < 4.78 is 10.9. The fourth-order valence-corrected chi connectivity index (χ4v) is 3.90. The van der Waals surface area contributed by atoms with Crippen molar-refractivity contribution in [1.29, 1.82) is 0 Å². The molecule has 2 aromatic carbocycles. The molecule has 0 saturated heterocycles. The van der Waals surface area contributed by atoms with Crippen LogP contribution >= 0.6 is 23.4 Å². The van der Waals surface area contributed by atoms with Crippen LogP contribution in [0, 0.1) is 0 Å². The lowest BCUT2D eigenvalue weighted by molar-refractivity contribution is 0.354. The summed E-state index contributed by atoms with van der Waals surface area (Å²) in [5.41, 5.74) is 2.29. The molecule has 0 aliphatic carbocycles. The quantitative estimate of drug-likeness (QED) is 0.748. The third kappa shape index (κ3) is 2.61. The highest BCUT2D eigenvalue weighted by Gasteiger charge is 2.25. The van der Waals surface area contributed by atoms with Crippen molar-refractivity contribution in [3.63, 3.8) is 0 Å². The van der Waals surface area contributed by atoms with Gasteiger partial charge in [0.05, 0.1) is 25.6 Å². The molecule has 0 spiro atoms. The van der Waals surface area contributed by atoms with E-state index in [4.69, 9.17) is 21.1 Å². The van der Waals surface area contributed by atoms with E-state index in [0.717, 1.165) is 40.9 Å². The Labute approximate surface area is 140 Å². The number of hydrogen-bond acceptors (Lipinski definition) is 4. The molecule has 0 atom stereocenters. The van der Waals surface area contributed by atoms with E-state index in [1.165, 1.54) is 9.79 Å². The fourth-order valence-electron chi connectivity index (χ4n) is 2.64. The zero-order chi connectivity index (χ0) is 15.7. The van der Waals surface area contributed by atoms with E-state index in [-0.39, 0.29) is 0 Å². The Kier molecular flexibility index (Phi) is 4.41. The monoisotopic (exact) mass is 335 g/mol. The standard InChI is InChI=1S/C17H18ClNO2S/c1-4-7-19-12-8-11(18)5-6-16(12)22-17-10-15(21-3)14(20-2)9-13(17)19/h5-6,8-10H,4,7H2,1-3H3. The van der Waals surface area contributed by atoms with Crippen molar-refractivity contribution < 1.29 is 9.47 Å². The highest BCUT2D eigenvalue weighted by Crippen LogP contribution is 2.51. The molecule has 1 aliphatic heterocycles. The molecule has 0 amide bonds. The SMILES string of the molecule is CCCN1c2cc(Cl)ccc2Sc2cc(OC)c(OC)cc21. The Balaban J connectivity index is 2.16. The van der Waals surface area contributed by atoms with Crippen molar-refractivity contribution in [3.8, 4) is 11.5 Å². The summed E-state index contributed by atoms with van der Waals surface area (Å²) in [6.45, 7) is 3.10. The van der Waals surface area contributed by atoms with E-state index in [0.29, 0.717) is 0 Å². The van der Waals surface area contributed by atoms with Crippen LogP contribution in [0.15, 0.2) is 40.1 Å². The normalized spacial score (nSPS) is 12.6. The van der Waals surface area contributed by atoms with E-state index in [9.17, 15) is 0 Å². The number of anilines is 2. The van der Waals surface area contributed by atoms with Crippen LogP contribution < -0.4 is 14.4 Å². The average Bonchev–Trinajstić information content (AvgIpc) is 2.54. The van der Waals surface area contributed by atoms with Crippen LogP contribution in [0.1, 0.15) is 13.3 Å². The van der Waals surface area contributed by atoms with Gasteiger partial charge in [-0.05, 0) is 24.6 Å². The second-order valence-corrected chi connectivity index (χ2v) is 6.56. The van der Waals surface area contributed by atoms with Crippen LogP contribution in [0.25, 0.3) is 0 Å². The van der Waals surface area contributed by atoms with Crippen LogP contribution in [0.2, 0.25) is 5.02 Å². The summed E-state index contributed by atoms with van der Waals surface area (Å²) in [6, 6.07) is 10.1. The first-order valence-corrected chi connectivity index (χ1v) is 8.38. The number of rotatable bonds is 4. The Morgan fingerprint density at radius 1 is 1.00 bits per heavy atom. The number of hydrogen-bond donors (Lipinski definition) is 0. The molecular formula is C17H18ClNO2S. The van der Waals surface area contributed by atoms with E-state index in [1.54, 1.807) is 26.0 Å². The number of fused-ring (bicyclic) bond motifs is 2. The lowest BCUT2D eigenvalue weighted by atomic mass is 10.2. The molecule has 1 heterocycles. The van der Waals surface area contributed by atoms with Crippen molar-refractivity contribution in [3.05, 3.63) is 35.4 Å². The lowest BCUT2D eigenvalue weighted by Gasteiger charge is -2.33. The molecule has 116 valence electrons. The second-order valence-electron chi connectivity index (χ2n) is 5.04. The Hall–Kier alpha value is -1.52. The molecule has 0 radical (unpaired) electrons. The Morgan fingerprint density at radius 2 is 1.68 bits per heavy atom. The third-order valence-corrected chi connectivity index (χ3v) is 4.98. The topological polar surface area (TPSA) is 21.7 Å². The van der Waals surface area contributed by atoms with Crippen LogP contribution in [-0.2, 0) is 0 Å².